The standard InChI is InChI=1S/C24H38N2O4Si/c1-24(2,3)31(4,5)30-17-16-29-20-12-14-26(15-13-20)19-8-6-18(7-9-19)21-10-11-22(27)25-23(21)28/h6-9,20-21H,10-17H2,1-5H3,(H,25,27,28). The maximum Gasteiger partial charge on any atom is 0.234 e. The number of rotatable bonds is 7. The zero-order valence-electron chi connectivity index (χ0n) is 19.7. The largest absolute Gasteiger partial charge is 0.414 e. The Morgan fingerprint density at radius 1 is 1.03 bits per heavy atom. The first-order valence-electron chi connectivity index (χ1n) is 11.5. The summed E-state index contributed by atoms with van der Waals surface area (Å²) in [5.74, 6) is -0.576. The van der Waals surface area contributed by atoms with Crippen molar-refractivity contribution in [3.63, 3.8) is 0 Å². The Balaban J connectivity index is 1.42. The number of nitrogens with zero attached hydrogens (tertiary/aromatic N) is 1. The van der Waals surface area contributed by atoms with Crippen LogP contribution in [0.5, 0.6) is 0 Å². The minimum absolute atomic E-state index is 0.172. The molecule has 7 heteroatoms. The lowest BCUT2D eigenvalue weighted by molar-refractivity contribution is -0.134. The first-order chi connectivity index (χ1) is 14.6. The number of hydrogen-bond donors (Lipinski definition) is 1. The summed E-state index contributed by atoms with van der Waals surface area (Å²) >= 11 is 0. The van der Waals surface area contributed by atoms with E-state index in [1.807, 2.05) is 12.1 Å². The minimum atomic E-state index is -1.70. The second-order valence-electron chi connectivity index (χ2n) is 10.3. The van der Waals surface area contributed by atoms with Crippen LogP contribution < -0.4 is 10.2 Å². The average Bonchev–Trinajstić information content (AvgIpc) is 2.71. The normalized spacial score (nSPS) is 21.3. The summed E-state index contributed by atoms with van der Waals surface area (Å²) in [5.41, 5.74) is 2.16. The highest BCUT2D eigenvalue weighted by Gasteiger charge is 2.37. The predicted octanol–water partition coefficient (Wildman–Crippen LogP) is 4.21. The third-order valence-corrected chi connectivity index (χ3v) is 11.6. The van der Waals surface area contributed by atoms with Crippen LogP contribution in [0.3, 0.4) is 0 Å². The third-order valence-electron chi connectivity index (χ3n) is 7.05. The van der Waals surface area contributed by atoms with E-state index in [9.17, 15) is 9.59 Å². The van der Waals surface area contributed by atoms with Crippen molar-refractivity contribution in [1.29, 1.82) is 0 Å². The second kappa shape index (κ2) is 9.84. The van der Waals surface area contributed by atoms with Crippen molar-refractivity contribution >= 4 is 25.8 Å². The number of piperidine rings is 2. The van der Waals surface area contributed by atoms with Gasteiger partial charge in [0.1, 0.15) is 0 Å². The van der Waals surface area contributed by atoms with Gasteiger partial charge in [0.25, 0.3) is 0 Å². The summed E-state index contributed by atoms with van der Waals surface area (Å²) in [6, 6.07) is 8.23. The number of nitrogens with one attached hydrogen (secondary N) is 1. The summed E-state index contributed by atoms with van der Waals surface area (Å²) in [4.78, 5) is 25.8. The molecule has 2 saturated heterocycles. The van der Waals surface area contributed by atoms with E-state index in [0.717, 1.165) is 31.5 Å². The molecule has 2 amide bonds. The zero-order valence-corrected chi connectivity index (χ0v) is 20.7. The number of imide groups is 1. The maximum absolute atomic E-state index is 12.1. The van der Waals surface area contributed by atoms with E-state index in [4.69, 9.17) is 9.16 Å². The molecule has 1 N–H and O–H groups in total. The number of amides is 2. The summed E-state index contributed by atoms with van der Waals surface area (Å²) in [6.07, 6.45) is 3.31. The fourth-order valence-electron chi connectivity index (χ4n) is 3.94. The predicted molar refractivity (Wildman–Crippen MR) is 126 cm³/mol. The molecule has 0 aromatic heterocycles. The fraction of sp³-hybridized carbons (Fsp3) is 0.667. The Labute approximate surface area is 187 Å². The van der Waals surface area contributed by atoms with Gasteiger partial charge in [-0.15, -0.1) is 0 Å². The van der Waals surface area contributed by atoms with E-state index in [1.165, 1.54) is 5.69 Å². The van der Waals surface area contributed by atoms with Crippen molar-refractivity contribution in [3.8, 4) is 0 Å². The molecule has 2 aliphatic rings. The van der Waals surface area contributed by atoms with Crippen LogP contribution in [-0.2, 0) is 18.8 Å². The van der Waals surface area contributed by atoms with Crippen LogP contribution in [0, 0.1) is 0 Å². The van der Waals surface area contributed by atoms with Crippen molar-refractivity contribution in [2.45, 2.75) is 76.6 Å². The molecule has 1 unspecified atom stereocenters. The van der Waals surface area contributed by atoms with Crippen LogP contribution in [0.1, 0.15) is 57.9 Å². The molecule has 172 valence electrons. The van der Waals surface area contributed by atoms with Crippen LogP contribution in [0.15, 0.2) is 24.3 Å². The molecule has 1 aromatic carbocycles. The molecule has 31 heavy (non-hydrogen) atoms. The van der Waals surface area contributed by atoms with Crippen molar-refractivity contribution in [2.24, 2.45) is 0 Å². The summed E-state index contributed by atoms with van der Waals surface area (Å²) in [6.45, 7) is 14.6. The Morgan fingerprint density at radius 2 is 1.68 bits per heavy atom. The molecule has 1 atom stereocenters. The Morgan fingerprint density at radius 3 is 2.26 bits per heavy atom. The molecule has 2 aliphatic heterocycles. The Bertz CT molecular complexity index is 765. The topological polar surface area (TPSA) is 67.9 Å². The third kappa shape index (κ3) is 6.17. The summed E-state index contributed by atoms with van der Waals surface area (Å²) in [5, 5.41) is 2.67. The molecule has 2 heterocycles. The molecule has 3 rings (SSSR count). The molecule has 6 nitrogen and oxygen atoms in total. The summed E-state index contributed by atoms with van der Waals surface area (Å²) < 4.78 is 12.3. The highest BCUT2D eigenvalue weighted by molar-refractivity contribution is 6.74. The molecule has 2 fully saturated rings. The number of carbonyl (C=O) groups is 2. The monoisotopic (exact) mass is 446 g/mol. The molecular weight excluding hydrogens is 408 g/mol. The van der Waals surface area contributed by atoms with Gasteiger partial charge in [-0.1, -0.05) is 32.9 Å². The lowest BCUT2D eigenvalue weighted by atomic mass is 9.90. The SMILES string of the molecule is CC(C)(C)[Si](C)(C)OCCOC1CCN(c2ccc(C3CCC(=O)NC3=O)cc2)CC1. The van der Waals surface area contributed by atoms with E-state index in [-0.39, 0.29) is 22.8 Å². The average molecular weight is 447 g/mol. The van der Waals surface area contributed by atoms with Crippen LogP contribution >= 0.6 is 0 Å². The van der Waals surface area contributed by atoms with Gasteiger partial charge in [0.05, 0.1) is 25.2 Å². The van der Waals surface area contributed by atoms with E-state index in [0.29, 0.717) is 32.2 Å². The van der Waals surface area contributed by atoms with Gasteiger partial charge < -0.3 is 14.1 Å². The van der Waals surface area contributed by atoms with Gasteiger partial charge in [-0.3, -0.25) is 14.9 Å². The van der Waals surface area contributed by atoms with Gasteiger partial charge >= 0.3 is 0 Å². The molecule has 0 aliphatic carbocycles. The quantitative estimate of drug-likeness (QED) is 0.386. The van der Waals surface area contributed by atoms with E-state index < -0.39 is 8.32 Å². The first kappa shape index (κ1) is 23.9. The molecule has 0 saturated carbocycles. The molecule has 1 aromatic rings. The Kier molecular flexibility index (Phi) is 7.60. The number of carbonyl (C=O) groups excluding carboxylic acids is 2. The zero-order chi connectivity index (χ0) is 22.6. The lowest BCUT2D eigenvalue weighted by Crippen LogP contribution is -2.42. The van der Waals surface area contributed by atoms with Gasteiger partial charge in [0, 0.05) is 25.2 Å². The van der Waals surface area contributed by atoms with Crippen LogP contribution in [0.2, 0.25) is 18.1 Å². The van der Waals surface area contributed by atoms with Crippen LogP contribution in [0.25, 0.3) is 0 Å². The number of benzene rings is 1. The van der Waals surface area contributed by atoms with Gasteiger partial charge in [-0.05, 0) is 55.1 Å². The van der Waals surface area contributed by atoms with Gasteiger partial charge in [-0.25, -0.2) is 0 Å². The number of hydrogen-bond acceptors (Lipinski definition) is 5. The van der Waals surface area contributed by atoms with Crippen molar-refractivity contribution in [2.75, 3.05) is 31.2 Å². The van der Waals surface area contributed by atoms with E-state index >= 15 is 0 Å². The van der Waals surface area contributed by atoms with Gasteiger partial charge in [-0.2, -0.15) is 0 Å². The lowest BCUT2D eigenvalue weighted by Gasteiger charge is -2.37. The van der Waals surface area contributed by atoms with Crippen LogP contribution in [0.4, 0.5) is 5.69 Å². The fourth-order valence-corrected chi connectivity index (χ4v) is 4.96. The van der Waals surface area contributed by atoms with Crippen molar-refractivity contribution in [1.82, 2.24) is 5.32 Å². The number of anilines is 1. The Hall–Kier alpha value is -1.70. The van der Waals surface area contributed by atoms with Crippen molar-refractivity contribution < 1.29 is 18.8 Å². The van der Waals surface area contributed by atoms with E-state index in [1.54, 1.807) is 0 Å². The smallest absolute Gasteiger partial charge is 0.234 e. The van der Waals surface area contributed by atoms with E-state index in [2.05, 4.69) is 56.2 Å². The van der Waals surface area contributed by atoms with Gasteiger partial charge in [0.15, 0.2) is 8.32 Å². The minimum Gasteiger partial charge on any atom is -0.414 e. The number of ether oxygens (including phenoxy) is 1. The van der Waals surface area contributed by atoms with Crippen LogP contribution in [-0.4, -0.2) is 52.5 Å². The first-order valence-corrected chi connectivity index (χ1v) is 14.4. The molecule has 0 radical (unpaired) electrons. The second-order valence-corrected chi connectivity index (χ2v) is 15.1. The summed E-state index contributed by atoms with van der Waals surface area (Å²) in [7, 11) is -1.70. The highest BCUT2D eigenvalue weighted by Crippen LogP contribution is 2.36. The molecule has 0 spiro atoms. The van der Waals surface area contributed by atoms with Gasteiger partial charge in [0.2, 0.25) is 11.8 Å². The maximum atomic E-state index is 12.1. The molecular formula is C24H38N2O4Si. The van der Waals surface area contributed by atoms with Crippen molar-refractivity contribution in [3.05, 3.63) is 29.8 Å². The highest BCUT2D eigenvalue weighted by atomic mass is 28.4. The molecule has 0 bridgehead atoms.